The van der Waals surface area contributed by atoms with Crippen LogP contribution in [0.4, 0.5) is 0 Å². The Morgan fingerprint density at radius 3 is 3.27 bits per heavy atom. The third-order valence-corrected chi connectivity index (χ3v) is 2.00. The van der Waals surface area contributed by atoms with Crippen LogP contribution in [0.25, 0.3) is 17.2 Å². The maximum absolute atomic E-state index is 11.0. The Morgan fingerprint density at radius 2 is 2.47 bits per heavy atom. The first-order chi connectivity index (χ1) is 7.29. The molecule has 4 nitrogen and oxygen atoms in total. The molecule has 0 saturated carbocycles. The Balaban J connectivity index is 2.28. The van der Waals surface area contributed by atoms with Gasteiger partial charge >= 0.3 is 0 Å². The number of aromatic nitrogens is 1. The zero-order valence-electron chi connectivity index (χ0n) is 8.23. The van der Waals surface area contributed by atoms with Crippen LogP contribution in [0.5, 0.6) is 0 Å². The highest BCUT2D eigenvalue weighted by molar-refractivity contribution is 5.91. The largest absolute Gasteiger partial charge is 0.446 e. The van der Waals surface area contributed by atoms with Gasteiger partial charge in [-0.25, -0.2) is 4.98 Å². The Kier molecular flexibility index (Phi) is 2.49. The van der Waals surface area contributed by atoms with Crippen molar-refractivity contribution in [3.63, 3.8) is 0 Å². The highest BCUT2D eigenvalue weighted by atomic mass is 16.3. The van der Waals surface area contributed by atoms with Gasteiger partial charge in [0.2, 0.25) is 11.6 Å². The van der Waals surface area contributed by atoms with E-state index >= 15 is 0 Å². The van der Waals surface area contributed by atoms with E-state index in [1.54, 1.807) is 25.6 Å². The molecule has 0 aliphatic heterocycles. The van der Waals surface area contributed by atoms with Gasteiger partial charge in [0, 0.05) is 24.7 Å². The van der Waals surface area contributed by atoms with Gasteiger partial charge in [-0.3, -0.25) is 4.79 Å². The van der Waals surface area contributed by atoms with E-state index in [9.17, 15) is 4.79 Å². The average molecular weight is 202 g/mol. The molecule has 0 aromatic carbocycles. The van der Waals surface area contributed by atoms with Crippen LogP contribution in [0.2, 0.25) is 0 Å². The number of hydrogen-bond donors (Lipinski definition) is 1. The first kappa shape index (κ1) is 9.45. The molecule has 2 heterocycles. The molecule has 76 valence electrons. The number of pyridine rings is 1. The lowest BCUT2D eigenvalue weighted by Crippen LogP contribution is -2.13. The Morgan fingerprint density at radius 1 is 1.60 bits per heavy atom. The molecule has 2 rings (SSSR count). The van der Waals surface area contributed by atoms with Crippen molar-refractivity contribution in [1.82, 2.24) is 10.3 Å². The lowest BCUT2D eigenvalue weighted by molar-refractivity contribution is -0.115. The van der Waals surface area contributed by atoms with Crippen LogP contribution in [0.15, 0.2) is 35.1 Å². The van der Waals surface area contributed by atoms with Crippen molar-refractivity contribution in [3.8, 4) is 0 Å². The molecular weight excluding hydrogens is 192 g/mol. The lowest BCUT2D eigenvalue weighted by Gasteiger charge is -1.93. The number of fused-ring (bicyclic) bond motifs is 1. The van der Waals surface area contributed by atoms with Crippen LogP contribution < -0.4 is 5.32 Å². The van der Waals surface area contributed by atoms with E-state index in [1.165, 1.54) is 6.08 Å². The number of nitrogens with zero attached hydrogens (tertiary/aromatic N) is 1. The summed E-state index contributed by atoms with van der Waals surface area (Å²) in [6.07, 6.45) is 6.41. The van der Waals surface area contributed by atoms with Crippen LogP contribution in [0.3, 0.4) is 0 Å². The molecule has 0 spiro atoms. The van der Waals surface area contributed by atoms with Gasteiger partial charge in [-0.15, -0.1) is 0 Å². The van der Waals surface area contributed by atoms with Crippen LogP contribution in [-0.4, -0.2) is 17.9 Å². The number of likely N-dealkylation sites (N-methyl/N-ethyl adjacent to an activating group) is 1. The number of carbonyl (C=O) groups excluding carboxylic acids is 1. The smallest absolute Gasteiger partial charge is 0.243 e. The maximum atomic E-state index is 11.0. The summed E-state index contributed by atoms with van der Waals surface area (Å²) in [5.41, 5.74) is 1.47. The maximum Gasteiger partial charge on any atom is 0.243 e. The topological polar surface area (TPSA) is 55.1 Å². The van der Waals surface area contributed by atoms with Gasteiger partial charge in [-0.1, -0.05) is 0 Å². The van der Waals surface area contributed by atoms with Crippen molar-refractivity contribution in [1.29, 1.82) is 0 Å². The van der Waals surface area contributed by atoms with Gasteiger partial charge in [-0.05, 0) is 23.8 Å². The minimum absolute atomic E-state index is 0.137. The summed E-state index contributed by atoms with van der Waals surface area (Å²) in [6.45, 7) is 0. The normalized spacial score (nSPS) is 11.0. The Hall–Kier alpha value is -2.10. The van der Waals surface area contributed by atoms with E-state index in [1.807, 2.05) is 12.1 Å². The number of hydrogen-bond acceptors (Lipinski definition) is 3. The Labute approximate surface area is 86.6 Å². The predicted octanol–water partition coefficient (Wildman–Crippen LogP) is 1.59. The Bertz CT molecular complexity index is 514. The van der Waals surface area contributed by atoms with Crippen LogP contribution in [0.1, 0.15) is 5.56 Å². The number of amides is 1. The predicted molar refractivity (Wildman–Crippen MR) is 57.1 cm³/mol. The molecule has 0 bridgehead atoms. The molecular formula is C11H10N2O2. The first-order valence-corrected chi connectivity index (χ1v) is 4.52. The minimum Gasteiger partial charge on any atom is -0.446 e. The second-order valence-electron chi connectivity index (χ2n) is 3.03. The van der Waals surface area contributed by atoms with Crippen molar-refractivity contribution in [2.75, 3.05) is 7.05 Å². The second-order valence-corrected chi connectivity index (χ2v) is 3.03. The van der Waals surface area contributed by atoms with Crippen LogP contribution >= 0.6 is 0 Å². The fraction of sp³-hybridized carbons (Fsp3) is 0.0909. The second kappa shape index (κ2) is 3.96. The van der Waals surface area contributed by atoms with E-state index in [-0.39, 0.29) is 5.91 Å². The third kappa shape index (κ3) is 2.04. The lowest BCUT2D eigenvalue weighted by atomic mass is 10.2. The van der Waals surface area contributed by atoms with Gasteiger partial charge in [0.15, 0.2) is 0 Å². The standard InChI is InChI=1S/C11H10N2O2/c1-12-10(14)3-2-8-6-9-4-5-15-11(9)13-7-8/h2-7H,1H3,(H,12,14). The van der Waals surface area contributed by atoms with E-state index in [0.717, 1.165) is 10.9 Å². The van der Waals surface area contributed by atoms with Gasteiger partial charge in [-0.2, -0.15) is 0 Å². The fourth-order valence-corrected chi connectivity index (χ4v) is 1.22. The molecule has 0 radical (unpaired) electrons. The molecule has 0 saturated heterocycles. The first-order valence-electron chi connectivity index (χ1n) is 4.52. The van der Waals surface area contributed by atoms with Crippen molar-refractivity contribution >= 4 is 23.1 Å². The van der Waals surface area contributed by atoms with E-state index < -0.39 is 0 Å². The third-order valence-electron chi connectivity index (χ3n) is 2.00. The summed E-state index contributed by atoms with van der Waals surface area (Å²) in [4.78, 5) is 15.1. The summed E-state index contributed by atoms with van der Waals surface area (Å²) in [6, 6.07) is 3.74. The molecule has 0 aliphatic rings. The highest BCUT2D eigenvalue weighted by Crippen LogP contribution is 2.14. The molecule has 4 heteroatoms. The van der Waals surface area contributed by atoms with Gasteiger partial charge in [0.1, 0.15) is 0 Å². The molecule has 1 amide bonds. The van der Waals surface area contributed by atoms with E-state index in [2.05, 4.69) is 10.3 Å². The summed E-state index contributed by atoms with van der Waals surface area (Å²) >= 11 is 0. The van der Waals surface area contributed by atoms with Crippen molar-refractivity contribution < 1.29 is 9.21 Å². The monoisotopic (exact) mass is 202 g/mol. The summed E-state index contributed by atoms with van der Waals surface area (Å²) in [5, 5.41) is 3.43. The summed E-state index contributed by atoms with van der Waals surface area (Å²) in [7, 11) is 1.59. The average Bonchev–Trinajstić information content (AvgIpc) is 2.72. The molecule has 0 unspecified atom stereocenters. The van der Waals surface area contributed by atoms with Gasteiger partial charge < -0.3 is 9.73 Å². The number of rotatable bonds is 2. The minimum atomic E-state index is -0.137. The molecule has 0 aliphatic carbocycles. The molecule has 1 N–H and O–H groups in total. The molecule has 0 atom stereocenters. The van der Waals surface area contributed by atoms with Crippen molar-refractivity contribution in [2.45, 2.75) is 0 Å². The summed E-state index contributed by atoms with van der Waals surface area (Å²) < 4.78 is 5.11. The number of nitrogens with one attached hydrogen (secondary N) is 1. The fourth-order valence-electron chi connectivity index (χ4n) is 1.22. The van der Waals surface area contributed by atoms with Gasteiger partial charge in [0.05, 0.1) is 6.26 Å². The van der Waals surface area contributed by atoms with Gasteiger partial charge in [0.25, 0.3) is 0 Å². The van der Waals surface area contributed by atoms with Crippen LogP contribution in [0, 0.1) is 0 Å². The molecule has 2 aromatic rings. The summed E-state index contributed by atoms with van der Waals surface area (Å²) in [5.74, 6) is -0.137. The number of carbonyl (C=O) groups is 1. The zero-order chi connectivity index (χ0) is 10.7. The molecule has 0 fully saturated rings. The quantitative estimate of drug-likeness (QED) is 0.752. The molecule has 2 aromatic heterocycles. The van der Waals surface area contributed by atoms with E-state index in [0.29, 0.717) is 5.71 Å². The van der Waals surface area contributed by atoms with Crippen LogP contribution in [-0.2, 0) is 4.79 Å². The highest BCUT2D eigenvalue weighted by Gasteiger charge is 1.98. The van der Waals surface area contributed by atoms with Crippen molar-refractivity contribution in [2.24, 2.45) is 0 Å². The number of furan rings is 1. The zero-order valence-corrected chi connectivity index (χ0v) is 8.23. The van der Waals surface area contributed by atoms with Crippen molar-refractivity contribution in [3.05, 3.63) is 36.2 Å². The SMILES string of the molecule is CNC(=O)C=Cc1cnc2occc2c1. The molecule has 15 heavy (non-hydrogen) atoms. The van der Waals surface area contributed by atoms with E-state index in [4.69, 9.17) is 4.42 Å².